The Hall–Kier alpha value is -8.30. The van der Waals surface area contributed by atoms with Crippen molar-refractivity contribution in [2.24, 2.45) is 0 Å². The summed E-state index contributed by atoms with van der Waals surface area (Å²) in [6.07, 6.45) is 0. The van der Waals surface area contributed by atoms with Gasteiger partial charge in [0.15, 0.2) is 17.5 Å². The number of thiophene rings is 1. The number of nitriles is 1. The van der Waals surface area contributed by atoms with E-state index in [1.165, 1.54) is 55.6 Å². The van der Waals surface area contributed by atoms with Crippen molar-refractivity contribution in [1.82, 2.24) is 15.0 Å². The quantitative estimate of drug-likeness (QED) is 0.173. The molecule has 0 N–H and O–H groups in total. The number of fused-ring (bicyclic) bond motifs is 13. The van der Waals surface area contributed by atoms with Gasteiger partial charge in [-0.1, -0.05) is 182 Å². The molecule has 0 saturated carbocycles. The molecule has 0 bridgehead atoms. The fourth-order valence-corrected chi connectivity index (χ4v) is 11.5. The van der Waals surface area contributed by atoms with Crippen molar-refractivity contribution in [2.75, 3.05) is 0 Å². The van der Waals surface area contributed by atoms with E-state index in [9.17, 15) is 5.26 Å². The number of hydrogen-bond acceptors (Lipinski definition) is 5. The average Bonchev–Trinajstić information content (AvgIpc) is 4.00. The molecular weight excluding hydrogens is 797 g/mol. The second-order valence-electron chi connectivity index (χ2n) is 16.6. The van der Waals surface area contributed by atoms with E-state index < -0.39 is 5.41 Å². The summed E-state index contributed by atoms with van der Waals surface area (Å²) in [6.45, 7) is 0. The molecule has 2 aromatic heterocycles. The van der Waals surface area contributed by atoms with Crippen LogP contribution in [0.2, 0.25) is 0 Å². The summed E-state index contributed by atoms with van der Waals surface area (Å²) in [7, 11) is 0. The van der Waals surface area contributed by atoms with Crippen LogP contribution in [0, 0.1) is 11.3 Å². The van der Waals surface area contributed by atoms with Crippen LogP contribution >= 0.6 is 11.3 Å². The molecule has 2 heterocycles. The van der Waals surface area contributed by atoms with Crippen molar-refractivity contribution >= 4 is 31.5 Å². The molecule has 0 fully saturated rings. The number of rotatable bonds is 5. The standard InChI is InChI=1S/C59H34N4S/c60-35-36-21-32-53-49(33-36)47-31-30-42(34-54(47)64-53)58-62-56(40-11-2-1-3-12-40)61-57(63-58)41-28-24-38(25-29-41)37-22-26-39(27-23-37)43-16-10-17-48-46-15-6-9-20-52(46)59(55(43)48)50-18-7-4-13-44(50)45-14-5-8-19-51(45)59/h1-34H. The summed E-state index contributed by atoms with van der Waals surface area (Å²) in [5, 5.41) is 11.7. The van der Waals surface area contributed by atoms with Gasteiger partial charge in [-0.3, -0.25) is 0 Å². The first kappa shape index (κ1) is 36.4. The molecular formula is C59H34N4S. The van der Waals surface area contributed by atoms with E-state index in [-0.39, 0.29) is 0 Å². The maximum Gasteiger partial charge on any atom is 0.164 e. The summed E-state index contributed by atoms with van der Waals surface area (Å²) in [5.41, 5.74) is 18.3. The van der Waals surface area contributed by atoms with Crippen molar-refractivity contribution in [3.8, 4) is 84.7 Å². The van der Waals surface area contributed by atoms with E-state index in [0.29, 0.717) is 23.0 Å². The van der Waals surface area contributed by atoms with E-state index in [4.69, 9.17) is 15.0 Å². The van der Waals surface area contributed by atoms with Gasteiger partial charge in [-0.15, -0.1) is 11.3 Å². The molecule has 5 heteroatoms. The number of hydrogen-bond donors (Lipinski definition) is 0. The van der Waals surface area contributed by atoms with Crippen LogP contribution in [0.25, 0.3) is 98.8 Å². The van der Waals surface area contributed by atoms with E-state index in [1.54, 1.807) is 11.3 Å². The second-order valence-corrected chi connectivity index (χ2v) is 17.7. The van der Waals surface area contributed by atoms with Gasteiger partial charge in [0.2, 0.25) is 0 Å². The topological polar surface area (TPSA) is 62.5 Å². The van der Waals surface area contributed by atoms with Crippen LogP contribution in [0.4, 0.5) is 0 Å². The molecule has 0 amide bonds. The lowest BCUT2D eigenvalue weighted by molar-refractivity contribution is 0.796. The van der Waals surface area contributed by atoms with Crippen LogP contribution in [0.3, 0.4) is 0 Å². The van der Waals surface area contributed by atoms with Gasteiger partial charge in [0, 0.05) is 36.9 Å². The maximum absolute atomic E-state index is 9.52. The predicted octanol–water partition coefficient (Wildman–Crippen LogP) is 14.8. The van der Waals surface area contributed by atoms with Crippen LogP contribution in [-0.2, 0) is 5.41 Å². The molecule has 11 aromatic rings. The lowest BCUT2D eigenvalue weighted by atomic mass is 9.68. The minimum Gasteiger partial charge on any atom is -0.208 e. The molecule has 0 unspecified atom stereocenters. The fourth-order valence-electron chi connectivity index (χ4n) is 10.4. The van der Waals surface area contributed by atoms with Gasteiger partial charge in [-0.05, 0) is 91.0 Å². The highest BCUT2D eigenvalue weighted by Crippen LogP contribution is 2.64. The average molecular weight is 831 g/mol. The van der Waals surface area contributed by atoms with E-state index >= 15 is 0 Å². The van der Waals surface area contributed by atoms with Crippen LogP contribution < -0.4 is 0 Å². The Morgan fingerprint density at radius 3 is 1.47 bits per heavy atom. The molecule has 4 nitrogen and oxygen atoms in total. The monoisotopic (exact) mass is 830 g/mol. The number of aromatic nitrogens is 3. The first-order valence-electron chi connectivity index (χ1n) is 21.5. The van der Waals surface area contributed by atoms with Gasteiger partial charge < -0.3 is 0 Å². The maximum atomic E-state index is 9.52. The molecule has 2 aliphatic carbocycles. The third kappa shape index (κ3) is 5.37. The van der Waals surface area contributed by atoms with Gasteiger partial charge >= 0.3 is 0 Å². The molecule has 0 atom stereocenters. The zero-order valence-electron chi connectivity index (χ0n) is 34.3. The lowest BCUT2D eigenvalue weighted by Gasteiger charge is -2.32. The van der Waals surface area contributed by atoms with Gasteiger partial charge in [0.05, 0.1) is 17.0 Å². The normalized spacial score (nSPS) is 12.8. The Kier molecular flexibility index (Phi) is 8.02. The molecule has 9 aromatic carbocycles. The van der Waals surface area contributed by atoms with Crippen LogP contribution in [0.1, 0.15) is 27.8 Å². The third-order valence-corrected chi connectivity index (χ3v) is 14.3. The van der Waals surface area contributed by atoms with E-state index in [0.717, 1.165) is 48.0 Å². The summed E-state index contributed by atoms with van der Waals surface area (Å²) in [6, 6.07) is 75.9. The number of benzene rings is 9. The minimum absolute atomic E-state index is 0.409. The highest BCUT2D eigenvalue weighted by atomic mass is 32.1. The Bertz CT molecular complexity index is 3670. The van der Waals surface area contributed by atoms with Crippen LogP contribution in [-0.4, -0.2) is 15.0 Å². The lowest BCUT2D eigenvalue weighted by Crippen LogP contribution is -2.26. The van der Waals surface area contributed by atoms with Crippen molar-refractivity contribution in [1.29, 1.82) is 5.26 Å². The summed E-state index contributed by atoms with van der Waals surface area (Å²) in [5.74, 6) is 1.85. The highest BCUT2D eigenvalue weighted by molar-refractivity contribution is 7.25. The van der Waals surface area contributed by atoms with Gasteiger partial charge in [0.1, 0.15) is 0 Å². The Balaban J connectivity index is 0.871. The van der Waals surface area contributed by atoms with Crippen molar-refractivity contribution in [2.45, 2.75) is 5.41 Å². The van der Waals surface area contributed by atoms with Gasteiger partial charge in [-0.25, -0.2) is 15.0 Å². The van der Waals surface area contributed by atoms with Crippen molar-refractivity contribution < 1.29 is 0 Å². The predicted molar refractivity (Wildman–Crippen MR) is 261 cm³/mol. The zero-order chi connectivity index (χ0) is 42.4. The summed E-state index contributed by atoms with van der Waals surface area (Å²) < 4.78 is 2.27. The fraction of sp³-hybridized carbons (Fsp3) is 0.0169. The molecule has 0 saturated heterocycles. The molecule has 13 rings (SSSR count). The highest BCUT2D eigenvalue weighted by Gasteiger charge is 2.52. The molecule has 64 heavy (non-hydrogen) atoms. The molecule has 296 valence electrons. The first-order valence-corrected chi connectivity index (χ1v) is 22.3. The molecule has 0 aliphatic heterocycles. The number of nitrogens with zero attached hydrogens (tertiary/aromatic N) is 4. The minimum atomic E-state index is -0.409. The van der Waals surface area contributed by atoms with Crippen molar-refractivity contribution in [3.63, 3.8) is 0 Å². The third-order valence-electron chi connectivity index (χ3n) is 13.2. The molecule has 2 aliphatic rings. The van der Waals surface area contributed by atoms with Gasteiger partial charge in [0.25, 0.3) is 0 Å². The smallest absolute Gasteiger partial charge is 0.164 e. The van der Waals surface area contributed by atoms with Crippen LogP contribution in [0.5, 0.6) is 0 Å². The Morgan fingerprint density at radius 1 is 0.359 bits per heavy atom. The molecule has 0 radical (unpaired) electrons. The van der Waals surface area contributed by atoms with E-state index in [2.05, 4.69) is 164 Å². The van der Waals surface area contributed by atoms with E-state index in [1.807, 2.05) is 48.5 Å². The largest absolute Gasteiger partial charge is 0.208 e. The first-order chi connectivity index (χ1) is 31.7. The van der Waals surface area contributed by atoms with Crippen molar-refractivity contribution in [3.05, 3.63) is 234 Å². The summed E-state index contributed by atoms with van der Waals surface area (Å²) >= 11 is 1.71. The van der Waals surface area contributed by atoms with Crippen LogP contribution in [0.15, 0.2) is 206 Å². The molecule has 1 spiro atoms. The van der Waals surface area contributed by atoms with Gasteiger partial charge in [-0.2, -0.15) is 5.26 Å². The zero-order valence-corrected chi connectivity index (χ0v) is 35.1. The second kappa shape index (κ2) is 14.1. The SMILES string of the molecule is N#Cc1ccc2sc3cc(-c4nc(-c5ccccc5)nc(-c5ccc(-c6ccc(-c7cccc8c7C7(c9ccccc9-c9ccccc97)c7ccccc7-8)cc6)cc5)n4)ccc3c2c1. The Morgan fingerprint density at radius 2 is 0.844 bits per heavy atom. The Labute approximate surface area is 374 Å². The summed E-state index contributed by atoms with van der Waals surface area (Å²) in [4.78, 5) is 15.1.